The Morgan fingerprint density at radius 2 is 1.90 bits per heavy atom. The summed E-state index contributed by atoms with van der Waals surface area (Å²) in [6, 6.07) is 14.7. The van der Waals surface area contributed by atoms with Crippen LogP contribution >= 0.6 is 11.6 Å². The Balaban J connectivity index is 2.14. The van der Waals surface area contributed by atoms with Crippen molar-refractivity contribution in [3.05, 3.63) is 64.2 Å². The van der Waals surface area contributed by atoms with Gasteiger partial charge in [0, 0.05) is 17.1 Å². The Morgan fingerprint density at radius 1 is 1.15 bits per heavy atom. The summed E-state index contributed by atoms with van der Waals surface area (Å²) in [5, 5.41) is 0.771. The molecule has 0 amide bonds. The molecule has 1 aliphatic heterocycles. The van der Waals surface area contributed by atoms with Crippen LogP contribution < -0.4 is 4.74 Å². The van der Waals surface area contributed by atoms with Gasteiger partial charge in [-0.05, 0) is 42.8 Å². The minimum Gasteiger partial charge on any atom is -0.496 e. The number of hydrogen-bond acceptors (Lipinski definition) is 2. The van der Waals surface area contributed by atoms with Crippen LogP contribution in [0.1, 0.15) is 22.7 Å². The highest BCUT2D eigenvalue weighted by molar-refractivity contribution is 6.30. The van der Waals surface area contributed by atoms with Gasteiger partial charge in [0.2, 0.25) is 0 Å². The van der Waals surface area contributed by atoms with Crippen molar-refractivity contribution in [2.45, 2.75) is 12.5 Å². The molecule has 104 valence electrons. The third-order valence-corrected chi connectivity index (χ3v) is 4.26. The lowest BCUT2D eigenvalue weighted by Crippen LogP contribution is -2.33. The number of rotatable bonds is 2. The van der Waals surface area contributed by atoms with E-state index in [-0.39, 0.29) is 6.04 Å². The van der Waals surface area contributed by atoms with Crippen LogP contribution in [0.25, 0.3) is 0 Å². The first kappa shape index (κ1) is 13.5. The van der Waals surface area contributed by atoms with E-state index in [1.807, 2.05) is 18.2 Å². The molecular weight excluding hydrogens is 270 g/mol. The van der Waals surface area contributed by atoms with Crippen molar-refractivity contribution in [2.75, 3.05) is 20.7 Å². The van der Waals surface area contributed by atoms with Crippen molar-refractivity contribution in [1.82, 2.24) is 4.90 Å². The van der Waals surface area contributed by atoms with E-state index in [0.717, 1.165) is 23.7 Å². The zero-order valence-electron chi connectivity index (χ0n) is 11.8. The molecule has 3 rings (SSSR count). The summed E-state index contributed by atoms with van der Waals surface area (Å²) in [4.78, 5) is 2.37. The zero-order chi connectivity index (χ0) is 14.1. The van der Waals surface area contributed by atoms with E-state index in [2.05, 4.69) is 36.2 Å². The molecule has 1 aliphatic rings. The summed E-state index contributed by atoms with van der Waals surface area (Å²) in [6.45, 7) is 1.05. The lowest BCUT2D eigenvalue weighted by Gasteiger charge is -2.36. The summed E-state index contributed by atoms with van der Waals surface area (Å²) < 4.78 is 5.58. The van der Waals surface area contributed by atoms with Gasteiger partial charge in [-0.25, -0.2) is 0 Å². The second-order valence-corrected chi connectivity index (χ2v) is 5.65. The Bertz CT molecular complexity index is 595. The predicted octanol–water partition coefficient (Wildman–Crippen LogP) is 3.93. The van der Waals surface area contributed by atoms with Crippen molar-refractivity contribution in [2.24, 2.45) is 0 Å². The third-order valence-electron chi connectivity index (χ3n) is 4.01. The van der Waals surface area contributed by atoms with Crippen LogP contribution in [0.15, 0.2) is 42.5 Å². The molecule has 0 saturated heterocycles. The number of fused-ring (bicyclic) bond motifs is 1. The maximum Gasteiger partial charge on any atom is 0.124 e. The second kappa shape index (κ2) is 5.47. The molecule has 2 aromatic carbocycles. The van der Waals surface area contributed by atoms with Gasteiger partial charge >= 0.3 is 0 Å². The molecule has 0 bridgehead atoms. The summed E-state index contributed by atoms with van der Waals surface area (Å²) in [5.41, 5.74) is 3.91. The minimum atomic E-state index is 0.229. The van der Waals surface area contributed by atoms with Gasteiger partial charge in [-0.2, -0.15) is 0 Å². The lowest BCUT2D eigenvalue weighted by molar-refractivity contribution is 0.257. The predicted molar refractivity (Wildman–Crippen MR) is 82.6 cm³/mol. The van der Waals surface area contributed by atoms with Gasteiger partial charge in [-0.3, -0.25) is 4.90 Å². The molecule has 0 spiro atoms. The van der Waals surface area contributed by atoms with Crippen molar-refractivity contribution in [1.29, 1.82) is 0 Å². The fourth-order valence-corrected chi connectivity index (χ4v) is 3.13. The Kier molecular flexibility index (Phi) is 3.68. The van der Waals surface area contributed by atoms with Crippen LogP contribution in [0, 0.1) is 0 Å². The molecule has 2 nitrogen and oxygen atoms in total. The van der Waals surface area contributed by atoms with E-state index in [9.17, 15) is 0 Å². The number of methoxy groups -OCH3 is 1. The summed E-state index contributed by atoms with van der Waals surface area (Å²) >= 11 is 6.01. The van der Waals surface area contributed by atoms with E-state index in [1.54, 1.807) is 7.11 Å². The van der Waals surface area contributed by atoms with Crippen LogP contribution in [0.3, 0.4) is 0 Å². The second-order valence-electron chi connectivity index (χ2n) is 5.22. The fraction of sp³-hybridized carbons (Fsp3) is 0.294. The highest BCUT2D eigenvalue weighted by Crippen LogP contribution is 2.39. The van der Waals surface area contributed by atoms with Gasteiger partial charge in [0.1, 0.15) is 5.75 Å². The van der Waals surface area contributed by atoms with Crippen LogP contribution in [-0.4, -0.2) is 25.6 Å². The SMILES string of the molecule is COc1cccc2c1C(c1ccc(Cl)cc1)N(C)CC2. The van der Waals surface area contributed by atoms with Crippen LogP contribution in [0.5, 0.6) is 5.75 Å². The van der Waals surface area contributed by atoms with Crippen LogP contribution in [-0.2, 0) is 6.42 Å². The minimum absolute atomic E-state index is 0.229. The molecule has 0 radical (unpaired) electrons. The molecular formula is C17H18ClNO. The monoisotopic (exact) mass is 287 g/mol. The molecule has 20 heavy (non-hydrogen) atoms. The average Bonchev–Trinajstić information content (AvgIpc) is 2.48. The first-order chi connectivity index (χ1) is 9.70. The Morgan fingerprint density at radius 3 is 2.60 bits per heavy atom. The molecule has 1 unspecified atom stereocenters. The van der Waals surface area contributed by atoms with E-state index >= 15 is 0 Å². The van der Waals surface area contributed by atoms with E-state index in [4.69, 9.17) is 16.3 Å². The van der Waals surface area contributed by atoms with Gasteiger partial charge in [0.15, 0.2) is 0 Å². The standard InChI is InChI=1S/C17H18ClNO/c1-19-11-10-12-4-3-5-15(20-2)16(12)17(19)13-6-8-14(18)9-7-13/h3-9,17H,10-11H2,1-2H3. The van der Waals surface area contributed by atoms with Gasteiger partial charge in [-0.15, -0.1) is 0 Å². The first-order valence-electron chi connectivity index (χ1n) is 6.82. The number of benzene rings is 2. The summed E-state index contributed by atoms with van der Waals surface area (Å²) in [5.74, 6) is 0.967. The van der Waals surface area contributed by atoms with Gasteiger partial charge < -0.3 is 4.74 Å². The lowest BCUT2D eigenvalue weighted by atomic mass is 9.88. The van der Waals surface area contributed by atoms with Crippen LogP contribution in [0.4, 0.5) is 0 Å². The average molecular weight is 288 g/mol. The Hall–Kier alpha value is -1.51. The quantitative estimate of drug-likeness (QED) is 0.830. The molecule has 2 aromatic rings. The summed E-state index contributed by atoms with van der Waals surface area (Å²) in [7, 11) is 3.90. The summed E-state index contributed by atoms with van der Waals surface area (Å²) in [6.07, 6.45) is 1.06. The van der Waals surface area contributed by atoms with E-state index in [0.29, 0.717) is 0 Å². The highest BCUT2D eigenvalue weighted by Gasteiger charge is 2.28. The van der Waals surface area contributed by atoms with Crippen LogP contribution in [0.2, 0.25) is 5.02 Å². The molecule has 0 aromatic heterocycles. The largest absolute Gasteiger partial charge is 0.496 e. The zero-order valence-corrected chi connectivity index (χ0v) is 12.5. The maximum absolute atomic E-state index is 6.01. The number of nitrogens with zero attached hydrogens (tertiary/aromatic N) is 1. The highest BCUT2D eigenvalue weighted by atomic mass is 35.5. The number of likely N-dealkylation sites (N-methyl/N-ethyl adjacent to an activating group) is 1. The molecule has 0 fully saturated rings. The third kappa shape index (κ3) is 2.30. The molecule has 3 heteroatoms. The molecule has 0 N–H and O–H groups in total. The normalized spacial score (nSPS) is 18.6. The molecule has 0 aliphatic carbocycles. The molecule has 1 heterocycles. The van der Waals surface area contributed by atoms with Crippen molar-refractivity contribution in [3.8, 4) is 5.75 Å². The topological polar surface area (TPSA) is 12.5 Å². The molecule has 1 atom stereocenters. The first-order valence-corrected chi connectivity index (χ1v) is 7.20. The van der Waals surface area contributed by atoms with Crippen molar-refractivity contribution >= 4 is 11.6 Å². The number of halogens is 1. The molecule has 0 saturated carbocycles. The van der Waals surface area contributed by atoms with E-state index < -0.39 is 0 Å². The number of hydrogen-bond donors (Lipinski definition) is 0. The smallest absolute Gasteiger partial charge is 0.124 e. The van der Waals surface area contributed by atoms with Gasteiger partial charge in [-0.1, -0.05) is 35.9 Å². The van der Waals surface area contributed by atoms with Crippen molar-refractivity contribution < 1.29 is 4.74 Å². The maximum atomic E-state index is 6.01. The van der Waals surface area contributed by atoms with Crippen molar-refractivity contribution in [3.63, 3.8) is 0 Å². The number of ether oxygens (including phenoxy) is 1. The van der Waals surface area contributed by atoms with E-state index in [1.165, 1.54) is 16.7 Å². The van der Waals surface area contributed by atoms with Gasteiger partial charge in [0.25, 0.3) is 0 Å². The Labute approximate surface area is 124 Å². The fourth-order valence-electron chi connectivity index (χ4n) is 3.01. The van der Waals surface area contributed by atoms with Gasteiger partial charge in [0.05, 0.1) is 13.2 Å².